The number of aryl methyl sites for hydroxylation is 1. The molecule has 1 heterocycles. The summed E-state index contributed by atoms with van der Waals surface area (Å²) in [6, 6.07) is 15.4. The van der Waals surface area contributed by atoms with Crippen LogP contribution in [0.2, 0.25) is 5.02 Å². The van der Waals surface area contributed by atoms with Gasteiger partial charge in [0.05, 0.1) is 0 Å². The van der Waals surface area contributed by atoms with Gasteiger partial charge in [-0.15, -0.1) is 0 Å². The minimum Gasteiger partial charge on any atom is -0.328 e. The van der Waals surface area contributed by atoms with Gasteiger partial charge in [-0.05, 0) is 24.1 Å². The first kappa shape index (κ1) is 16.5. The predicted molar refractivity (Wildman–Crippen MR) is 93.5 cm³/mol. The molecule has 3 rings (SSSR count). The summed E-state index contributed by atoms with van der Waals surface area (Å²) >= 11 is 6.14. The number of rotatable bonds is 4. The van der Waals surface area contributed by atoms with Crippen LogP contribution in [-0.2, 0) is 22.7 Å². The molecule has 0 bridgehead atoms. The molecule has 24 heavy (non-hydrogen) atoms. The number of hydrogen-bond acceptors (Lipinski definition) is 2. The molecule has 2 aromatic carbocycles. The Bertz CT molecular complexity index is 758. The third-order valence-electron chi connectivity index (χ3n) is 4.21. The maximum atomic E-state index is 12.4. The molecule has 0 aromatic heterocycles. The molecule has 1 aliphatic rings. The molecule has 1 saturated heterocycles. The first-order chi connectivity index (χ1) is 11.5. The molecular formula is C19H19ClN2O2. The second-order valence-electron chi connectivity index (χ2n) is 6.03. The highest BCUT2D eigenvalue weighted by Crippen LogP contribution is 2.19. The van der Waals surface area contributed by atoms with Crippen molar-refractivity contribution in [3.8, 4) is 0 Å². The standard InChI is InChI=1S/C19H19ClN2O2/c1-14-6-8-15(9-7-14)12-21-10-11-22(19(24)18(21)23)13-16-4-2-3-5-17(16)20/h2-9H,10-13H2,1H3. The Morgan fingerprint density at radius 3 is 2.08 bits per heavy atom. The number of amides is 2. The number of halogens is 1. The van der Waals surface area contributed by atoms with Crippen molar-refractivity contribution >= 4 is 23.4 Å². The Kier molecular flexibility index (Phi) is 4.86. The van der Waals surface area contributed by atoms with Gasteiger partial charge in [0.25, 0.3) is 0 Å². The van der Waals surface area contributed by atoms with Gasteiger partial charge in [-0.2, -0.15) is 0 Å². The first-order valence-corrected chi connectivity index (χ1v) is 8.29. The molecule has 4 nitrogen and oxygen atoms in total. The lowest BCUT2D eigenvalue weighted by molar-refractivity contribution is -0.156. The second-order valence-corrected chi connectivity index (χ2v) is 6.44. The highest BCUT2D eigenvalue weighted by atomic mass is 35.5. The molecule has 0 unspecified atom stereocenters. The van der Waals surface area contributed by atoms with Gasteiger partial charge >= 0.3 is 11.8 Å². The lowest BCUT2D eigenvalue weighted by Gasteiger charge is -2.34. The zero-order chi connectivity index (χ0) is 17.1. The molecule has 0 radical (unpaired) electrons. The van der Waals surface area contributed by atoms with Gasteiger partial charge in [0.2, 0.25) is 0 Å². The van der Waals surface area contributed by atoms with E-state index in [0.717, 1.165) is 11.1 Å². The van der Waals surface area contributed by atoms with Crippen molar-refractivity contribution < 1.29 is 9.59 Å². The summed E-state index contributed by atoms with van der Waals surface area (Å²) in [5.74, 6) is -0.915. The number of carbonyl (C=O) groups is 2. The Balaban J connectivity index is 1.66. The molecule has 0 aliphatic carbocycles. The summed E-state index contributed by atoms with van der Waals surface area (Å²) in [5, 5.41) is 0.611. The van der Waals surface area contributed by atoms with Crippen LogP contribution in [0.15, 0.2) is 48.5 Å². The smallest absolute Gasteiger partial charge is 0.312 e. The summed E-state index contributed by atoms with van der Waals surface area (Å²) in [4.78, 5) is 27.9. The quantitative estimate of drug-likeness (QED) is 0.801. The van der Waals surface area contributed by atoms with Crippen LogP contribution in [0.1, 0.15) is 16.7 Å². The summed E-state index contributed by atoms with van der Waals surface area (Å²) in [7, 11) is 0. The average molecular weight is 343 g/mol. The molecule has 1 fully saturated rings. The molecule has 0 atom stereocenters. The Hall–Kier alpha value is -2.33. The molecule has 5 heteroatoms. The van der Waals surface area contributed by atoms with E-state index in [1.54, 1.807) is 15.9 Å². The maximum Gasteiger partial charge on any atom is 0.312 e. The van der Waals surface area contributed by atoms with Crippen LogP contribution in [0.25, 0.3) is 0 Å². The van der Waals surface area contributed by atoms with Crippen molar-refractivity contribution in [3.63, 3.8) is 0 Å². The Morgan fingerprint density at radius 1 is 0.875 bits per heavy atom. The third-order valence-corrected chi connectivity index (χ3v) is 4.58. The fourth-order valence-corrected chi connectivity index (χ4v) is 2.96. The van der Waals surface area contributed by atoms with Crippen LogP contribution in [0.5, 0.6) is 0 Å². The lowest BCUT2D eigenvalue weighted by atomic mass is 10.1. The summed E-state index contributed by atoms with van der Waals surface area (Å²) in [6.45, 7) is 3.89. The van der Waals surface area contributed by atoms with E-state index < -0.39 is 11.8 Å². The molecule has 0 saturated carbocycles. The molecule has 0 N–H and O–H groups in total. The highest BCUT2D eigenvalue weighted by molar-refractivity contribution is 6.35. The van der Waals surface area contributed by atoms with E-state index in [2.05, 4.69) is 0 Å². The minimum absolute atomic E-state index is 0.364. The maximum absolute atomic E-state index is 12.4. The first-order valence-electron chi connectivity index (χ1n) is 7.92. The van der Waals surface area contributed by atoms with Gasteiger partial charge in [-0.1, -0.05) is 59.6 Å². The highest BCUT2D eigenvalue weighted by Gasteiger charge is 2.32. The summed E-state index contributed by atoms with van der Waals surface area (Å²) in [6.07, 6.45) is 0. The second kappa shape index (κ2) is 7.05. The molecule has 0 spiro atoms. The summed E-state index contributed by atoms with van der Waals surface area (Å²) in [5.41, 5.74) is 3.05. The largest absolute Gasteiger partial charge is 0.328 e. The van der Waals surface area contributed by atoms with Crippen LogP contribution < -0.4 is 0 Å². The SMILES string of the molecule is Cc1ccc(CN2CCN(Cc3ccccc3Cl)C(=O)C2=O)cc1. The minimum atomic E-state index is -0.465. The predicted octanol–water partition coefficient (Wildman–Crippen LogP) is 3.02. The third kappa shape index (κ3) is 3.60. The topological polar surface area (TPSA) is 40.6 Å². The number of carbonyl (C=O) groups excluding carboxylic acids is 2. The lowest BCUT2D eigenvalue weighted by Crippen LogP contribution is -2.53. The van der Waals surface area contributed by atoms with E-state index >= 15 is 0 Å². The van der Waals surface area contributed by atoms with Gasteiger partial charge in [0.15, 0.2) is 0 Å². The van der Waals surface area contributed by atoms with Crippen LogP contribution in [-0.4, -0.2) is 34.7 Å². The van der Waals surface area contributed by atoms with Crippen LogP contribution in [0.4, 0.5) is 0 Å². The van der Waals surface area contributed by atoms with Crippen molar-refractivity contribution in [1.82, 2.24) is 9.80 Å². The van der Waals surface area contributed by atoms with Gasteiger partial charge in [0.1, 0.15) is 0 Å². The Labute approximate surface area is 146 Å². The monoisotopic (exact) mass is 342 g/mol. The van der Waals surface area contributed by atoms with Crippen molar-refractivity contribution in [2.75, 3.05) is 13.1 Å². The zero-order valence-electron chi connectivity index (χ0n) is 13.5. The van der Waals surface area contributed by atoms with Crippen molar-refractivity contribution in [2.45, 2.75) is 20.0 Å². The van der Waals surface area contributed by atoms with E-state index in [9.17, 15) is 9.59 Å². The fourth-order valence-electron chi connectivity index (χ4n) is 2.76. The van der Waals surface area contributed by atoms with Crippen LogP contribution >= 0.6 is 11.6 Å². The van der Waals surface area contributed by atoms with Gasteiger partial charge in [0, 0.05) is 31.2 Å². The molecule has 124 valence electrons. The molecule has 2 aromatic rings. The van der Waals surface area contributed by atoms with Gasteiger partial charge in [-0.25, -0.2) is 0 Å². The number of nitrogens with zero attached hydrogens (tertiary/aromatic N) is 2. The molecular weight excluding hydrogens is 324 g/mol. The van der Waals surface area contributed by atoms with Gasteiger partial charge in [-0.3, -0.25) is 9.59 Å². The zero-order valence-corrected chi connectivity index (χ0v) is 14.3. The summed E-state index contributed by atoms with van der Waals surface area (Å²) < 4.78 is 0. The normalized spacial score (nSPS) is 15.1. The number of hydrogen-bond donors (Lipinski definition) is 0. The van der Waals surface area contributed by atoms with Crippen molar-refractivity contribution in [2.24, 2.45) is 0 Å². The van der Waals surface area contributed by atoms with E-state index in [-0.39, 0.29) is 0 Å². The van der Waals surface area contributed by atoms with Crippen molar-refractivity contribution in [3.05, 3.63) is 70.2 Å². The van der Waals surface area contributed by atoms with Crippen molar-refractivity contribution in [1.29, 1.82) is 0 Å². The van der Waals surface area contributed by atoms with E-state index in [1.165, 1.54) is 5.56 Å². The molecule has 1 aliphatic heterocycles. The number of benzene rings is 2. The van der Waals surface area contributed by atoms with E-state index in [4.69, 9.17) is 11.6 Å². The van der Waals surface area contributed by atoms with Crippen LogP contribution in [0, 0.1) is 6.92 Å². The fraction of sp³-hybridized carbons (Fsp3) is 0.263. The molecule has 2 amide bonds. The number of piperazine rings is 1. The van der Waals surface area contributed by atoms with E-state index in [0.29, 0.717) is 31.2 Å². The average Bonchev–Trinajstić information content (AvgIpc) is 2.58. The van der Waals surface area contributed by atoms with E-state index in [1.807, 2.05) is 49.4 Å². The van der Waals surface area contributed by atoms with Gasteiger partial charge < -0.3 is 9.80 Å². The van der Waals surface area contributed by atoms with Crippen LogP contribution in [0.3, 0.4) is 0 Å². The Morgan fingerprint density at radius 2 is 1.46 bits per heavy atom.